The van der Waals surface area contributed by atoms with E-state index in [4.69, 9.17) is 0 Å². The Labute approximate surface area is 204 Å². The Hall–Kier alpha value is -3.36. The van der Waals surface area contributed by atoms with Crippen LogP contribution in [0.3, 0.4) is 0 Å². The number of benzene rings is 3. The average Bonchev–Trinajstić information content (AvgIpc) is 3.28. The first-order chi connectivity index (χ1) is 16.0. The van der Waals surface area contributed by atoms with Crippen LogP contribution in [0.25, 0.3) is 10.6 Å². The maximum absolute atomic E-state index is 13.1. The maximum atomic E-state index is 13.1. The minimum Gasteiger partial charge on any atom is -0.340 e. The third-order valence-electron chi connectivity index (χ3n) is 4.96. The van der Waals surface area contributed by atoms with Gasteiger partial charge in [0.1, 0.15) is 11.0 Å². The summed E-state index contributed by atoms with van der Waals surface area (Å²) in [5, 5.41) is 15.0. The minimum absolute atomic E-state index is 0.307. The van der Waals surface area contributed by atoms with Crippen molar-refractivity contribution >= 4 is 44.2 Å². The second-order valence-corrected chi connectivity index (χ2v) is 9.38. The highest BCUT2D eigenvalue weighted by atomic mass is 79.9. The van der Waals surface area contributed by atoms with E-state index in [0.717, 1.165) is 21.2 Å². The van der Waals surface area contributed by atoms with Crippen molar-refractivity contribution in [3.63, 3.8) is 0 Å². The van der Waals surface area contributed by atoms with E-state index in [1.54, 1.807) is 12.1 Å². The molecule has 0 saturated heterocycles. The van der Waals surface area contributed by atoms with Gasteiger partial charge in [-0.2, -0.15) is 0 Å². The first-order valence-electron chi connectivity index (χ1n) is 10.3. The molecule has 0 aliphatic carbocycles. The van der Waals surface area contributed by atoms with Crippen LogP contribution in [-0.2, 0) is 11.2 Å². The smallest absolute Gasteiger partial charge is 0.251 e. The molecule has 0 saturated carbocycles. The molecule has 0 unspecified atom stereocenters. The van der Waals surface area contributed by atoms with Gasteiger partial charge in [-0.15, -0.1) is 10.2 Å². The summed E-state index contributed by atoms with van der Waals surface area (Å²) in [7, 11) is 0. The van der Waals surface area contributed by atoms with Gasteiger partial charge >= 0.3 is 0 Å². The summed E-state index contributed by atoms with van der Waals surface area (Å²) in [6.07, 6.45) is 0.350. The lowest BCUT2D eigenvalue weighted by Crippen LogP contribution is -2.45. The maximum Gasteiger partial charge on any atom is 0.251 e. The summed E-state index contributed by atoms with van der Waals surface area (Å²) in [6, 6.07) is 23.7. The third kappa shape index (κ3) is 6.12. The van der Waals surface area contributed by atoms with Crippen molar-refractivity contribution < 1.29 is 9.59 Å². The molecule has 0 aliphatic rings. The predicted molar refractivity (Wildman–Crippen MR) is 134 cm³/mol. The zero-order chi connectivity index (χ0) is 23.2. The van der Waals surface area contributed by atoms with Crippen molar-refractivity contribution in [2.75, 3.05) is 5.32 Å². The van der Waals surface area contributed by atoms with E-state index < -0.39 is 6.04 Å². The van der Waals surface area contributed by atoms with Crippen molar-refractivity contribution in [1.29, 1.82) is 0 Å². The molecule has 0 fully saturated rings. The summed E-state index contributed by atoms with van der Waals surface area (Å²) in [5.41, 5.74) is 3.40. The summed E-state index contributed by atoms with van der Waals surface area (Å²) in [5.74, 6) is -0.656. The molecule has 1 aromatic heterocycles. The highest BCUT2D eigenvalue weighted by Gasteiger charge is 2.23. The van der Waals surface area contributed by atoms with Crippen LogP contribution in [-0.4, -0.2) is 28.1 Å². The van der Waals surface area contributed by atoms with Gasteiger partial charge in [-0.25, -0.2) is 0 Å². The quantitative estimate of drug-likeness (QED) is 0.348. The number of nitrogens with zero attached hydrogens (tertiary/aromatic N) is 2. The highest BCUT2D eigenvalue weighted by Crippen LogP contribution is 2.27. The molecule has 3 aromatic carbocycles. The van der Waals surface area contributed by atoms with Crippen LogP contribution < -0.4 is 10.6 Å². The van der Waals surface area contributed by atoms with Crippen LogP contribution in [0, 0.1) is 6.92 Å². The van der Waals surface area contributed by atoms with E-state index >= 15 is 0 Å². The van der Waals surface area contributed by atoms with Crippen molar-refractivity contribution in [2.24, 2.45) is 0 Å². The summed E-state index contributed by atoms with van der Waals surface area (Å²) in [6.45, 7) is 1.96. The Morgan fingerprint density at radius 1 is 0.939 bits per heavy atom. The van der Waals surface area contributed by atoms with Crippen LogP contribution in [0.1, 0.15) is 21.5 Å². The number of hydrogen-bond acceptors (Lipinski definition) is 5. The molecule has 4 aromatic rings. The van der Waals surface area contributed by atoms with Crippen LogP contribution in [0.15, 0.2) is 83.3 Å². The van der Waals surface area contributed by atoms with E-state index in [2.05, 4.69) is 36.8 Å². The number of rotatable bonds is 7. The van der Waals surface area contributed by atoms with Gasteiger partial charge < -0.3 is 5.32 Å². The van der Waals surface area contributed by atoms with Gasteiger partial charge in [0.05, 0.1) is 0 Å². The van der Waals surface area contributed by atoms with Crippen LogP contribution >= 0.6 is 27.3 Å². The Morgan fingerprint density at radius 2 is 1.64 bits per heavy atom. The normalized spacial score (nSPS) is 11.6. The van der Waals surface area contributed by atoms with E-state index in [-0.39, 0.29) is 11.8 Å². The summed E-state index contributed by atoms with van der Waals surface area (Å²) < 4.78 is 0.970. The zero-order valence-electron chi connectivity index (χ0n) is 17.8. The fraction of sp³-hybridized carbons (Fsp3) is 0.120. The highest BCUT2D eigenvalue weighted by molar-refractivity contribution is 9.10. The lowest BCUT2D eigenvalue weighted by molar-refractivity contribution is -0.118. The van der Waals surface area contributed by atoms with Crippen molar-refractivity contribution in [1.82, 2.24) is 15.5 Å². The average molecular weight is 521 g/mol. The molecule has 0 spiro atoms. The second kappa shape index (κ2) is 10.5. The van der Waals surface area contributed by atoms with Crippen molar-refractivity contribution in [3.8, 4) is 10.6 Å². The topological polar surface area (TPSA) is 84.0 Å². The fourth-order valence-corrected chi connectivity index (χ4v) is 4.20. The van der Waals surface area contributed by atoms with Crippen molar-refractivity contribution in [3.05, 3.63) is 100 Å². The molecule has 1 atom stereocenters. The summed E-state index contributed by atoms with van der Waals surface area (Å²) in [4.78, 5) is 25.9. The molecule has 166 valence electrons. The van der Waals surface area contributed by atoms with E-state index in [1.807, 2.05) is 73.7 Å². The standard InChI is InChI=1S/C25H21BrN4O2S/c1-16-7-9-18(10-8-16)22(31)27-21(15-17-5-3-2-4-6-17)23(32)28-25-30-29-24(33-25)19-11-13-20(26)14-12-19/h2-14,21H,15H2,1H3,(H,27,31)(H,28,30,32)/t21-/m1/s1. The number of carbonyl (C=O) groups excluding carboxylic acids is 2. The molecule has 8 heteroatoms. The SMILES string of the molecule is Cc1ccc(C(=O)N[C@H](Cc2ccccc2)C(=O)Nc2nnc(-c3ccc(Br)cc3)s2)cc1. The minimum atomic E-state index is -0.777. The van der Waals surface area contributed by atoms with E-state index in [1.165, 1.54) is 11.3 Å². The lowest BCUT2D eigenvalue weighted by atomic mass is 10.0. The predicted octanol–water partition coefficient (Wildman–Crippen LogP) is 5.26. The Balaban J connectivity index is 1.50. The first kappa shape index (κ1) is 22.8. The molecule has 0 radical (unpaired) electrons. The Bertz CT molecular complexity index is 1240. The number of aromatic nitrogens is 2. The molecule has 0 bridgehead atoms. The number of carbonyl (C=O) groups is 2. The van der Waals surface area contributed by atoms with Gasteiger partial charge in [0.2, 0.25) is 11.0 Å². The van der Waals surface area contributed by atoms with Gasteiger partial charge in [-0.05, 0) is 36.8 Å². The van der Waals surface area contributed by atoms with Crippen molar-refractivity contribution in [2.45, 2.75) is 19.4 Å². The lowest BCUT2D eigenvalue weighted by Gasteiger charge is -2.18. The molecule has 6 nitrogen and oxygen atoms in total. The van der Waals surface area contributed by atoms with Crippen LogP contribution in [0.2, 0.25) is 0 Å². The zero-order valence-corrected chi connectivity index (χ0v) is 20.2. The van der Waals surface area contributed by atoms with Gasteiger partial charge in [0.15, 0.2) is 0 Å². The molecule has 0 aliphatic heterocycles. The molecular weight excluding hydrogens is 500 g/mol. The van der Waals surface area contributed by atoms with E-state index in [0.29, 0.717) is 22.1 Å². The number of aryl methyl sites for hydroxylation is 1. The summed E-state index contributed by atoms with van der Waals surface area (Å²) >= 11 is 4.69. The third-order valence-corrected chi connectivity index (χ3v) is 6.38. The van der Waals surface area contributed by atoms with Gasteiger partial charge in [-0.3, -0.25) is 14.9 Å². The largest absolute Gasteiger partial charge is 0.340 e. The van der Waals surface area contributed by atoms with Gasteiger partial charge in [-0.1, -0.05) is 87.4 Å². The number of nitrogens with one attached hydrogen (secondary N) is 2. The fourth-order valence-electron chi connectivity index (χ4n) is 3.18. The van der Waals surface area contributed by atoms with Crippen LogP contribution in [0.4, 0.5) is 5.13 Å². The second-order valence-electron chi connectivity index (χ2n) is 7.49. The number of hydrogen-bond donors (Lipinski definition) is 2. The van der Waals surface area contributed by atoms with Crippen LogP contribution in [0.5, 0.6) is 0 Å². The van der Waals surface area contributed by atoms with Gasteiger partial charge in [0.25, 0.3) is 5.91 Å². The van der Waals surface area contributed by atoms with Gasteiger partial charge in [0, 0.05) is 22.0 Å². The monoisotopic (exact) mass is 520 g/mol. The first-order valence-corrected chi connectivity index (χ1v) is 11.9. The Kier molecular flexibility index (Phi) is 7.26. The molecule has 4 rings (SSSR count). The molecule has 2 N–H and O–H groups in total. The molecule has 33 heavy (non-hydrogen) atoms. The Morgan fingerprint density at radius 3 is 2.33 bits per heavy atom. The molecule has 1 heterocycles. The number of anilines is 1. The molecule has 2 amide bonds. The van der Waals surface area contributed by atoms with E-state index in [9.17, 15) is 9.59 Å². The molecular formula is C25H21BrN4O2S. The number of amides is 2. The number of halogens is 1.